The van der Waals surface area contributed by atoms with Crippen LogP contribution in [0.25, 0.3) is 17.0 Å². The van der Waals surface area contributed by atoms with Crippen molar-refractivity contribution in [3.05, 3.63) is 69.2 Å². The highest BCUT2D eigenvalue weighted by Crippen LogP contribution is 2.32. The highest BCUT2D eigenvalue weighted by Gasteiger charge is 2.22. The maximum absolute atomic E-state index is 12.2. The molecule has 1 aromatic heterocycles. The van der Waals surface area contributed by atoms with Crippen molar-refractivity contribution < 1.29 is 4.79 Å². The quantitative estimate of drug-likeness (QED) is 0.566. The standard InChI is InChI=1S/C18H11Cl2N3OS/c19-11-6-12(20)8-13(7-11)22-18-23-17(24)16(25-18)5-10-9-21-15-4-2-1-3-14(10)15/h1-9,21H,(H,22,23,24)/b16-5+. The zero-order valence-electron chi connectivity index (χ0n) is 12.7. The summed E-state index contributed by atoms with van der Waals surface area (Å²) in [5.74, 6) is -0.272. The molecule has 1 amide bonds. The summed E-state index contributed by atoms with van der Waals surface area (Å²) >= 11 is 13.3. The van der Waals surface area contributed by atoms with Gasteiger partial charge in [-0.3, -0.25) is 4.79 Å². The van der Waals surface area contributed by atoms with Gasteiger partial charge < -0.3 is 10.3 Å². The third-order valence-electron chi connectivity index (χ3n) is 3.64. The Balaban J connectivity index is 1.58. The molecule has 1 aliphatic rings. The number of nitrogens with one attached hydrogen (secondary N) is 2. The molecule has 0 saturated heterocycles. The summed E-state index contributed by atoms with van der Waals surface area (Å²) in [6.07, 6.45) is 3.72. The Labute approximate surface area is 157 Å². The maximum Gasteiger partial charge on any atom is 0.286 e. The van der Waals surface area contributed by atoms with Gasteiger partial charge in [-0.15, -0.1) is 0 Å². The summed E-state index contributed by atoms with van der Waals surface area (Å²) < 4.78 is 0. The topological polar surface area (TPSA) is 57.2 Å². The number of halogens is 2. The van der Waals surface area contributed by atoms with Gasteiger partial charge in [-0.05, 0) is 42.1 Å². The van der Waals surface area contributed by atoms with Crippen LogP contribution in [-0.4, -0.2) is 16.1 Å². The molecule has 3 aromatic rings. The first kappa shape index (κ1) is 16.3. The number of aliphatic imine (C=N–C) groups is 1. The summed E-state index contributed by atoms with van der Waals surface area (Å²) in [5, 5.41) is 5.66. The van der Waals surface area contributed by atoms with E-state index in [4.69, 9.17) is 23.2 Å². The van der Waals surface area contributed by atoms with Gasteiger partial charge in [-0.25, -0.2) is 0 Å². The number of amidine groups is 1. The Hall–Kier alpha value is -2.21. The molecule has 0 unspecified atom stereocenters. The molecule has 124 valence electrons. The lowest BCUT2D eigenvalue weighted by atomic mass is 10.1. The van der Waals surface area contributed by atoms with E-state index in [1.54, 1.807) is 18.2 Å². The molecule has 0 spiro atoms. The number of H-pyrrole nitrogens is 1. The van der Waals surface area contributed by atoms with Crippen molar-refractivity contribution in [3.63, 3.8) is 0 Å². The molecule has 0 fully saturated rings. The fraction of sp³-hybridized carbons (Fsp3) is 0. The summed E-state index contributed by atoms with van der Waals surface area (Å²) in [6.45, 7) is 0. The molecule has 0 atom stereocenters. The van der Waals surface area contributed by atoms with E-state index in [-0.39, 0.29) is 5.91 Å². The fourth-order valence-electron chi connectivity index (χ4n) is 2.57. The van der Waals surface area contributed by atoms with Crippen LogP contribution in [0.2, 0.25) is 10.0 Å². The number of rotatable bonds is 2. The van der Waals surface area contributed by atoms with E-state index >= 15 is 0 Å². The van der Waals surface area contributed by atoms with Crippen LogP contribution < -0.4 is 5.32 Å². The lowest BCUT2D eigenvalue weighted by Gasteiger charge is -2.05. The highest BCUT2D eigenvalue weighted by molar-refractivity contribution is 8.18. The number of hydrogen-bond donors (Lipinski definition) is 2. The molecule has 25 heavy (non-hydrogen) atoms. The van der Waals surface area contributed by atoms with E-state index in [9.17, 15) is 4.79 Å². The van der Waals surface area contributed by atoms with Crippen molar-refractivity contribution in [3.8, 4) is 0 Å². The predicted octanol–water partition coefficient (Wildman–Crippen LogP) is 5.56. The Morgan fingerprint density at radius 3 is 2.68 bits per heavy atom. The molecule has 7 heteroatoms. The Morgan fingerprint density at radius 1 is 1.12 bits per heavy atom. The van der Waals surface area contributed by atoms with Gasteiger partial charge in [-0.2, -0.15) is 4.99 Å². The number of amides is 1. The van der Waals surface area contributed by atoms with Gasteiger partial charge in [0.1, 0.15) is 0 Å². The van der Waals surface area contributed by atoms with Crippen LogP contribution in [0.1, 0.15) is 5.56 Å². The van der Waals surface area contributed by atoms with Gasteiger partial charge in [0, 0.05) is 38.4 Å². The number of carbonyl (C=O) groups excluding carboxylic acids is 1. The SMILES string of the molecule is O=C1N=C(Nc2cc(Cl)cc(Cl)c2)S/C1=C/c1c[nH]c2ccccc12. The Bertz CT molecular complexity index is 1040. The average molecular weight is 388 g/mol. The zero-order valence-corrected chi connectivity index (χ0v) is 15.0. The van der Waals surface area contributed by atoms with E-state index in [0.29, 0.717) is 25.8 Å². The van der Waals surface area contributed by atoms with E-state index in [1.807, 2.05) is 36.5 Å². The number of aromatic nitrogens is 1. The second kappa shape index (κ2) is 6.59. The van der Waals surface area contributed by atoms with Gasteiger partial charge in [0.25, 0.3) is 5.91 Å². The second-order valence-electron chi connectivity index (χ2n) is 5.41. The number of aromatic amines is 1. The van der Waals surface area contributed by atoms with Crippen LogP contribution in [0.15, 0.2) is 58.6 Å². The van der Waals surface area contributed by atoms with Gasteiger partial charge in [0.2, 0.25) is 0 Å². The van der Waals surface area contributed by atoms with Crippen molar-refractivity contribution in [2.75, 3.05) is 5.32 Å². The lowest BCUT2D eigenvalue weighted by molar-refractivity contribution is -0.113. The molecule has 2 heterocycles. The van der Waals surface area contributed by atoms with E-state index in [0.717, 1.165) is 16.5 Å². The first-order valence-corrected chi connectivity index (χ1v) is 8.97. The molecule has 2 N–H and O–H groups in total. The van der Waals surface area contributed by atoms with Crippen LogP contribution in [0.3, 0.4) is 0 Å². The van der Waals surface area contributed by atoms with Crippen molar-refractivity contribution >= 4 is 68.7 Å². The lowest BCUT2D eigenvalue weighted by Crippen LogP contribution is -2.04. The minimum Gasteiger partial charge on any atom is -0.361 e. The normalized spacial score (nSPS) is 15.8. The van der Waals surface area contributed by atoms with Crippen LogP contribution in [0, 0.1) is 0 Å². The number of para-hydroxylation sites is 1. The molecule has 4 nitrogen and oxygen atoms in total. The van der Waals surface area contributed by atoms with Crippen LogP contribution in [-0.2, 0) is 4.79 Å². The summed E-state index contributed by atoms with van der Waals surface area (Å²) in [6, 6.07) is 13.0. The number of nitrogens with zero attached hydrogens (tertiary/aromatic N) is 1. The number of hydrogen-bond acceptors (Lipinski definition) is 3. The predicted molar refractivity (Wildman–Crippen MR) is 106 cm³/mol. The van der Waals surface area contributed by atoms with E-state index in [2.05, 4.69) is 15.3 Å². The average Bonchev–Trinajstić information content (AvgIpc) is 3.11. The number of anilines is 1. The maximum atomic E-state index is 12.2. The van der Waals surface area contributed by atoms with Crippen molar-refractivity contribution in [2.45, 2.75) is 0 Å². The number of carbonyl (C=O) groups is 1. The largest absolute Gasteiger partial charge is 0.361 e. The Morgan fingerprint density at radius 2 is 1.88 bits per heavy atom. The van der Waals surface area contributed by atoms with Crippen LogP contribution in [0.4, 0.5) is 5.69 Å². The summed E-state index contributed by atoms with van der Waals surface area (Å²) in [5.41, 5.74) is 2.66. The van der Waals surface area contributed by atoms with Crippen molar-refractivity contribution in [1.29, 1.82) is 0 Å². The van der Waals surface area contributed by atoms with Gasteiger partial charge in [0.15, 0.2) is 5.17 Å². The molecule has 2 aromatic carbocycles. The van der Waals surface area contributed by atoms with Gasteiger partial charge in [-0.1, -0.05) is 41.4 Å². The fourth-order valence-corrected chi connectivity index (χ4v) is 3.92. The molecule has 4 rings (SSSR count). The van der Waals surface area contributed by atoms with E-state index in [1.165, 1.54) is 11.8 Å². The monoisotopic (exact) mass is 387 g/mol. The number of benzene rings is 2. The van der Waals surface area contributed by atoms with Crippen LogP contribution >= 0.6 is 35.0 Å². The molecule has 0 saturated carbocycles. The number of fused-ring (bicyclic) bond motifs is 1. The van der Waals surface area contributed by atoms with Gasteiger partial charge in [0.05, 0.1) is 4.91 Å². The van der Waals surface area contributed by atoms with Gasteiger partial charge >= 0.3 is 0 Å². The highest BCUT2D eigenvalue weighted by atomic mass is 35.5. The summed E-state index contributed by atoms with van der Waals surface area (Å²) in [7, 11) is 0. The Kier molecular flexibility index (Phi) is 4.29. The summed E-state index contributed by atoms with van der Waals surface area (Å²) in [4.78, 5) is 20.0. The number of thioether (sulfide) groups is 1. The minimum atomic E-state index is -0.272. The molecular formula is C18H11Cl2N3OS. The first-order chi connectivity index (χ1) is 12.1. The molecular weight excluding hydrogens is 377 g/mol. The molecule has 0 radical (unpaired) electrons. The molecule has 0 aliphatic carbocycles. The van der Waals surface area contributed by atoms with E-state index < -0.39 is 0 Å². The zero-order chi connectivity index (χ0) is 17.4. The van der Waals surface area contributed by atoms with Crippen LogP contribution in [0.5, 0.6) is 0 Å². The first-order valence-electron chi connectivity index (χ1n) is 7.40. The third kappa shape index (κ3) is 3.44. The minimum absolute atomic E-state index is 0.272. The van der Waals surface area contributed by atoms with Crippen molar-refractivity contribution in [1.82, 2.24) is 4.98 Å². The smallest absolute Gasteiger partial charge is 0.286 e. The molecule has 1 aliphatic heterocycles. The molecule has 0 bridgehead atoms. The third-order valence-corrected chi connectivity index (χ3v) is 4.98. The van der Waals surface area contributed by atoms with Crippen molar-refractivity contribution in [2.24, 2.45) is 4.99 Å². The second-order valence-corrected chi connectivity index (χ2v) is 7.31.